The predicted octanol–water partition coefficient (Wildman–Crippen LogP) is 15.9. The molecular formula is C79H120ClN3O16. The van der Waals surface area contributed by atoms with E-state index >= 15 is 0 Å². The Balaban J connectivity index is 1.54. The maximum absolute atomic E-state index is 13.9. The van der Waals surface area contributed by atoms with Gasteiger partial charge in [-0.25, -0.2) is 14.4 Å². The Labute approximate surface area is 596 Å². The maximum Gasteiger partial charge on any atom is 0.407 e. The lowest BCUT2D eigenvalue weighted by Gasteiger charge is -2.36. The molecule has 0 radical (unpaired) electrons. The Morgan fingerprint density at radius 3 is 1.51 bits per heavy atom. The summed E-state index contributed by atoms with van der Waals surface area (Å²) in [6.45, 7) is 23.4. The second kappa shape index (κ2) is 45.2. The standard InChI is InChI=1S/C79H120ClN3O16/c1-58-44-47-61(48-45-58)79(60-36-27-26-28-37-60,63-38-31-32-39-64(63)80)96-71(89)57-94-55-54-93-53-35-41-67(85)65(40-33-34-52-81-74(92)99-78(11,12)13)82-69(87)51-46-59(72(90)97-76(5,6)7)56-62(84)49-50-66(73(91)98-77(8,9)10)83-68(86)42-29-24-22-20-18-16-14-15-17-19-21-23-25-30-43-70(88)95-75(2,3)4/h26-28,31-32,36-39,44-45,47-48,59,65-66H,14-25,29-30,33-35,40-43,46,49-57H2,1-13H3,(H,81,92)(H,82,87)(H,83,86)/t59-,65+,66+,79?/m1/s1. The third-order valence-electron chi connectivity index (χ3n) is 15.9. The van der Waals surface area contributed by atoms with Crippen molar-refractivity contribution in [3.63, 3.8) is 0 Å². The predicted molar refractivity (Wildman–Crippen MR) is 386 cm³/mol. The van der Waals surface area contributed by atoms with E-state index < -0.39 is 75.9 Å². The highest BCUT2D eigenvalue weighted by Crippen LogP contribution is 2.44. The SMILES string of the molecule is Cc1ccc(C(OC(=O)COCCOCCCC(=O)[C@H](CCCCNC(=O)OC(C)(C)C)NC(=O)CC[C@H](CC(=O)CC[C@H](NC(=O)CCCCCCCCCCCCCCCCC(=O)OC(C)(C)C)C(=O)OC(C)(C)C)C(=O)OC(C)(C)C)(c2ccccc2)c2ccccc2Cl)cc1. The summed E-state index contributed by atoms with van der Waals surface area (Å²) < 4.78 is 40.1. The lowest BCUT2D eigenvalue weighted by molar-refractivity contribution is -0.162. The van der Waals surface area contributed by atoms with Gasteiger partial charge in [0.05, 0.1) is 25.2 Å². The van der Waals surface area contributed by atoms with Crippen LogP contribution in [0.5, 0.6) is 0 Å². The zero-order valence-corrected chi connectivity index (χ0v) is 62.8. The molecule has 99 heavy (non-hydrogen) atoms. The number of ketones is 2. The Morgan fingerprint density at radius 2 is 0.929 bits per heavy atom. The molecule has 3 aromatic rings. The van der Waals surface area contributed by atoms with Gasteiger partial charge in [0.1, 0.15) is 40.8 Å². The normalized spacial score (nSPS) is 13.4. The van der Waals surface area contributed by atoms with Crippen LogP contribution in [-0.4, -0.2) is 121 Å². The van der Waals surface area contributed by atoms with Gasteiger partial charge in [0.2, 0.25) is 11.8 Å². The minimum absolute atomic E-state index is 0.0442. The van der Waals surface area contributed by atoms with Gasteiger partial charge in [-0.1, -0.05) is 167 Å². The molecule has 0 bridgehead atoms. The summed E-state index contributed by atoms with van der Waals surface area (Å²) in [5.41, 5.74) is -1.30. The quantitative estimate of drug-likeness (QED) is 0.0206. The van der Waals surface area contributed by atoms with Gasteiger partial charge in [-0.3, -0.25) is 28.8 Å². The van der Waals surface area contributed by atoms with Gasteiger partial charge in [-0.2, -0.15) is 0 Å². The minimum Gasteiger partial charge on any atom is -0.460 e. The van der Waals surface area contributed by atoms with Crippen molar-refractivity contribution >= 4 is 65.0 Å². The minimum atomic E-state index is -1.39. The highest BCUT2D eigenvalue weighted by molar-refractivity contribution is 6.31. The van der Waals surface area contributed by atoms with Crippen molar-refractivity contribution < 1.29 is 76.3 Å². The summed E-state index contributed by atoms with van der Waals surface area (Å²) in [4.78, 5) is 120. The van der Waals surface area contributed by atoms with Crippen LogP contribution in [0.1, 0.15) is 272 Å². The lowest BCUT2D eigenvalue weighted by atomic mass is 9.79. The van der Waals surface area contributed by atoms with E-state index in [1.807, 2.05) is 100 Å². The van der Waals surface area contributed by atoms with Crippen molar-refractivity contribution in [1.82, 2.24) is 16.0 Å². The Morgan fingerprint density at radius 1 is 0.424 bits per heavy atom. The number of hydrogen-bond acceptors (Lipinski definition) is 16. The van der Waals surface area contributed by atoms with E-state index in [9.17, 15) is 43.2 Å². The molecule has 19 nitrogen and oxygen atoms in total. The number of hydrogen-bond donors (Lipinski definition) is 3. The van der Waals surface area contributed by atoms with Gasteiger partial charge in [-0.15, -0.1) is 0 Å². The number of rotatable bonds is 48. The first-order valence-electron chi connectivity index (χ1n) is 36.2. The monoisotopic (exact) mass is 1400 g/mol. The number of ether oxygens (including phenoxy) is 7. The summed E-state index contributed by atoms with van der Waals surface area (Å²) in [7, 11) is 0. The number of unbranched alkanes of at least 4 members (excludes halogenated alkanes) is 14. The number of Topliss-reactive ketones (excluding diaryl/α,β-unsaturated/α-hetero) is 2. The molecule has 0 heterocycles. The Kier molecular flexibility index (Phi) is 39.5. The number of carbonyl (C=O) groups excluding carboxylic acids is 9. The zero-order valence-electron chi connectivity index (χ0n) is 62.1. The maximum atomic E-state index is 13.9. The zero-order chi connectivity index (χ0) is 73.5. The molecule has 0 fully saturated rings. The van der Waals surface area contributed by atoms with E-state index in [0.29, 0.717) is 53.8 Å². The van der Waals surface area contributed by atoms with Gasteiger partial charge in [-0.05, 0) is 147 Å². The van der Waals surface area contributed by atoms with E-state index in [2.05, 4.69) is 16.0 Å². The molecule has 20 heteroatoms. The third-order valence-corrected chi connectivity index (χ3v) is 16.2. The first kappa shape index (κ1) is 86.5. The van der Waals surface area contributed by atoms with Crippen molar-refractivity contribution in [3.05, 3.63) is 106 Å². The first-order valence-corrected chi connectivity index (χ1v) is 36.6. The highest BCUT2D eigenvalue weighted by Gasteiger charge is 2.42. The summed E-state index contributed by atoms with van der Waals surface area (Å²) in [5, 5.41) is 8.80. The van der Waals surface area contributed by atoms with Crippen LogP contribution >= 0.6 is 11.6 Å². The molecule has 0 aliphatic rings. The largest absolute Gasteiger partial charge is 0.460 e. The molecule has 0 aliphatic heterocycles. The van der Waals surface area contributed by atoms with Crippen molar-refractivity contribution in [2.75, 3.05) is 33.0 Å². The molecule has 3 rings (SSSR count). The summed E-state index contributed by atoms with van der Waals surface area (Å²) >= 11 is 6.83. The second-order valence-corrected chi connectivity index (χ2v) is 30.3. The molecule has 0 saturated heterocycles. The fraction of sp³-hybridized carbons (Fsp3) is 0.658. The first-order chi connectivity index (χ1) is 46.7. The van der Waals surface area contributed by atoms with Crippen LogP contribution in [0.2, 0.25) is 5.02 Å². The lowest BCUT2D eigenvalue weighted by Crippen LogP contribution is -2.44. The number of alkyl carbamates (subject to hydrolysis) is 1. The number of amides is 3. The molecule has 0 spiro atoms. The molecule has 554 valence electrons. The fourth-order valence-corrected chi connectivity index (χ4v) is 11.4. The number of esters is 4. The number of carbonyl (C=O) groups is 9. The van der Waals surface area contributed by atoms with Crippen LogP contribution in [0.25, 0.3) is 0 Å². The van der Waals surface area contributed by atoms with Crippen LogP contribution in [0.3, 0.4) is 0 Å². The van der Waals surface area contributed by atoms with Crippen molar-refractivity contribution in [2.45, 2.75) is 297 Å². The van der Waals surface area contributed by atoms with Gasteiger partial charge in [0.25, 0.3) is 0 Å². The average molecular weight is 1400 g/mol. The second-order valence-electron chi connectivity index (χ2n) is 29.9. The summed E-state index contributed by atoms with van der Waals surface area (Å²) in [5.74, 6) is -4.63. The molecule has 3 N–H and O–H groups in total. The average Bonchev–Trinajstić information content (AvgIpc) is 0.748. The molecule has 3 amide bonds. The van der Waals surface area contributed by atoms with Crippen LogP contribution < -0.4 is 16.0 Å². The van der Waals surface area contributed by atoms with Crippen molar-refractivity contribution in [1.29, 1.82) is 0 Å². The van der Waals surface area contributed by atoms with E-state index in [0.717, 1.165) is 50.5 Å². The van der Waals surface area contributed by atoms with Gasteiger partial charge >= 0.3 is 30.0 Å². The molecule has 0 aromatic heterocycles. The van der Waals surface area contributed by atoms with Crippen LogP contribution in [0.4, 0.5) is 4.79 Å². The van der Waals surface area contributed by atoms with Crippen LogP contribution in [0.15, 0.2) is 78.9 Å². The van der Waals surface area contributed by atoms with E-state index in [-0.39, 0.29) is 108 Å². The molecule has 4 atom stereocenters. The fourth-order valence-electron chi connectivity index (χ4n) is 11.1. The van der Waals surface area contributed by atoms with Crippen molar-refractivity contribution in [2.24, 2.45) is 5.92 Å². The highest BCUT2D eigenvalue weighted by atomic mass is 35.5. The number of nitrogens with one attached hydrogen (secondary N) is 3. The topological polar surface area (TPSA) is 254 Å². The molecular weight excluding hydrogens is 1280 g/mol. The van der Waals surface area contributed by atoms with Gasteiger partial charge < -0.3 is 49.1 Å². The number of benzene rings is 3. The number of halogens is 1. The van der Waals surface area contributed by atoms with E-state index in [1.54, 1.807) is 68.4 Å². The van der Waals surface area contributed by atoms with Gasteiger partial charge in [0.15, 0.2) is 11.4 Å². The Hall–Kier alpha value is -6.70. The van der Waals surface area contributed by atoms with E-state index in [1.165, 1.54) is 38.5 Å². The molecule has 1 unspecified atom stereocenters. The Bertz CT molecular complexity index is 2930. The van der Waals surface area contributed by atoms with Crippen LogP contribution in [0, 0.1) is 12.8 Å². The summed E-state index contributed by atoms with van der Waals surface area (Å²) in [6, 6.07) is 22.3. The van der Waals surface area contributed by atoms with Crippen LogP contribution in [-0.2, 0) is 77.1 Å². The number of aryl methyl sites for hydroxylation is 1. The molecule has 0 saturated carbocycles. The smallest absolute Gasteiger partial charge is 0.407 e. The van der Waals surface area contributed by atoms with Gasteiger partial charge in [0, 0.05) is 73.4 Å². The van der Waals surface area contributed by atoms with Crippen molar-refractivity contribution in [3.8, 4) is 0 Å². The molecule has 3 aromatic carbocycles. The third kappa shape index (κ3) is 38.6. The molecule has 0 aliphatic carbocycles. The van der Waals surface area contributed by atoms with E-state index in [4.69, 9.17) is 44.8 Å². The summed E-state index contributed by atoms with van der Waals surface area (Å²) in [6.07, 6.45) is 15.8.